The number of benzene rings is 1. The average Bonchev–Trinajstić information content (AvgIpc) is 3.05. The lowest BCUT2D eigenvalue weighted by Gasteiger charge is -2.40. The number of H-pyrrole nitrogens is 1. The molecule has 2 N–H and O–H groups in total. The molecule has 1 aromatic heterocycles. The molecule has 1 aliphatic heterocycles. The molecule has 29 heavy (non-hydrogen) atoms. The molecule has 1 unspecified atom stereocenters. The number of hydrogen-bond acceptors (Lipinski definition) is 6. The van der Waals surface area contributed by atoms with Gasteiger partial charge < -0.3 is 14.7 Å². The van der Waals surface area contributed by atoms with Gasteiger partial charge in [-0.05, 0) is 38.3 Å². The van der Waals surface area contributed by atoms with Crippen molar-refractivity contribution in [2.24, 2.45) is 0 Å². The number of aliphatic hydroxyl groups excluding tert-OH is 1. The van der Waals surface area contributed by atoms with Gasteiger partial charge in [-0.2, -0.15) is 0 Å². The summed E-state index contributed by atoms with van der Waals surface area (Å²) < 4.78 is 5.72. The minimum atomic E-state index is -0.0481. The Morgan fingerprint density at radius 2 is 2.14 bits per heavy atom. The Bertz CT molecular complexity index is 927. The Kier molecular flexibility index (Phi) is 5.61. The Labute approximate surface area is 171 Å². The third-order valence-electron chi connectivity index (χ3n) is 6.15. The molecule has 1 aromatic carbocycles. The van der Waals surface area contributed by atoms with Gasteiger partial charge in [0.1, 0.15) is 12.4 Å². The second kappa shape index (κ2) is 8.16. The van der Waals surface area contributed by atoms with Crippen molar-refractivity contribution in [2.45, 2.75) is 37.6 Å². The SMILES string of the molecule is CN(C)c1nc2c(c(=O)[nH]1)CCC21CCCN(Cc2ccccc2OCCO)C1. The van der Waals surface area contributed by atoms with E-state index in [1.807, 2.05) is 37.2 Å². The van der Waals surface area contributed by atoms with Gasteiger partial charge >= 0.3 is 0 Å². The number of fused-ring (bicyclic) bond motifs is 2. The number of aromatic amines is 1. The van der Waals surface area contributed by atoms with Gasteiger partial charge in [-0.15, -0.1) is 0 Å². The van der Waals surface area contributed by atoms with Crippen LogP contribution in [-0.2, 0) is 18.4 Å². The summed E-state index contributed by atoms with van der Waals surface area (Å²) >= 11 is 0. The van der Waals surface area contributed by atoms with Crippen LogP contribution in [0, 0.1) is 0 Å². The van der Waals surface area contributed by atoms with E-state index < -0.39 is 0 Å². The maximum absolute atomic E-state index is 12.6. The number of aliphatic hydroxyl groups is 1. The van der Waals surface area contributed by atoms with E-state index in [2.05, 4.69) is 16.0 Å². The van der Waals surface area contributed by atoms with E-state index in [1.165, 1.54) is 0 Å². The molecular weight excluding hydrogens is 368 g/mol. The molecule has 2 heterocycles. The second-order valence-corrected chi connectivity index (χ2v) is 8.39. The number of ether oxygens (including phenoxy) is 1. The first-order chi connectivity index (χ1) is 14.0. The van der Waals surface area contributed by atoms with Crippen LogP contribution in [0.3, 0.4) is 0 Å². The van der Waals surface area contributed by atoms with Crippen LogP contribution in [0.2, 0.25) is 0 Å². The first kappa shape index (κ1) is 19.9. The van der Waals surface area contributed by atoms with E-state index in [0.29, 0.717) is 12.6 Å². The number of nitrogens with zero attached hydrogens (tertiary/aromatic N) is 3. The molecule has 156 valence electrons. The number of aromatic nitrogens is 2. The molecule has 4 rings (SSSR count). The van der Waals surface area contributed by atoms with E-state index in [1.54, 1.807) is 0 Å². The highest BCUT2D eigenvalue weighted by atomic mass is 16.5. The van der Waals surface area contributed by atoms with Crippen molar-refractivity contribution < 1.29 is 9.84 Å². The maximum Gasteiger partial charge on any atom is 0.255 e. The summed E-state index contributed by atoms with van der Waals surface area (Å²) in [6.45, 7) is 3.02. The molecule has 1 spiro atoms. The minimum absolute atomic E-state index is 0.00632. The summed E-state index contributed by atoms with van der Waals surface area (Å²) in [7, 11) is 3.81. The van der Waals surface area contributed by atoms with Crippen molar-refractivity contribution in [1.82, 2.24) is 14.9 Å². The molecule has 7 nitrogen and oxygen atoms in total. The molecule has 1 fully saturated rings. The Morgan fingerprint density at radius 1 is 1.31 bits per heavy atom. The molecule has 1 saturated heterocycles. The number of rotatable bonds is 6. The van der Waals surface area contributed by atoms with Gasteiger partial charge in [0, 0.05) is 43.7 Å². The highest BCUT2D eigenvalue weighted by Crippen LogP contribution is 2.43. The van der Waals surface area contributed by atoms with Crippen molar-refractivity contribution >= 4 is 5.95 Å². The lowest BCUT2D eigenvalue weighted by molar-refractivity contribution is 0.134. The molecule has 0 amide bonds. The second-order valence-electron chi connectivity index (χ2n) is 8.39. The normalized spacial score (nSPS) is 21.3. The van der Waals surface area contributed by atoms with E-state index in [4.69, 9.17) is 14.8 Å². The zero-order valence-electron chi connectivity index (χ0n) is 17.3. The molecule has 1 atom stereocenters. The summed E-state index contributed by atoms with van der Waals surface area (Å²) in [5, 5.41) is 9.08. The molecule has 0 bridgehead atoms. The van der Waals surface area contributed by atoms with E-state index >= 15 is 0 Å². The fourth-order valence-electron chi connectivity index (χ4n) is 4.78. The Morgan fingerprint density at radius 3 is 2.93 bits per heavy atom. The van der Waals surface area contributed by atoms with Crippen molar-refractivity contribution in [2.75, 3.05) is 45.3 Å². The maximum atomic E-state index is 12.6. The molecule has 2 aliphatic rings. The highest BCUT2D eigenvalue weighted by Gasteiger charge is 2.44. The largest absolute Gasteiger partial charge is 0.491 e. The highest BCUT2D eigenvalue weighted by molar-refractivity contribution is 5.40. The van der Waals surface area contributed by atoms with Crippen LogP contribution < -0.4 is 15.2 Å². The number of likely N-dealkylation sites (tertiary alicyclic amines) is 1. The van der Waals surface area contributed by atoms with Crippen LogP contribution in [0.25, 0.3) is 0 Å². The number of para-hydroxylation sites is 1. The van der Waals surface area contributed by atoms with Crippen LogP contribution in [0.1, 0.15) is 36.1 Å². The molecule has 7 heteroatoms. The van der Waals surface area contributed by atoms with Crippen LogP contribution in [0.5, 0.6) is 5.75 Å². The smallest absolute Gasteiger partial charge is 0.255 e. The van der Waals surface area contributed by atoms with Gasteiger partial charge in [-0.3, -0.25) is 14.7 Å². The standard InChI is InChI=1S/C22H30N4O3/c1-25(2)21-23-19-17(20(28)24-21)8-10-22(19)9-5-11-26(15-22)14-16-6-3-4-7-18(16)29-13-12-27/h3-4,6-7,27H,5,8-15H2,1-2H3,(H,23,24,28). The van der Waals surface area contributed by atoms with Crippen LogP contribution >= 0.6 is 0 Å². The minimum Gasteiger partial charge on any atom is -0.491 e. The molecule has 0 saturated carbocycles. The predicted octanol–water partition coefficient (Wildman–Crippen LogP) is 1.69. The van der Waals surface area contributed by atoms with Crippen LogP contribution in [-0.4, -0.2) is 60.4 Å². The zero-order chi connectivity index (χ0) is 20.4. The first-order valence-corrected chi connectivity index (χ1v) is 10.4. The third-order valence-corrected chi connectivity index (χ3v) is 6.15. The van der Waals surface area contributed by atoms with Crippen molar-refractivity contribution in [3.05, 3.63) is 51.4 Å². The monoisotopic (exact) mass is 398 g/mol. The van der Waals surface area contributed by atoms with Crippen molar-refractivity contribution in [3.63, 3.8) is 0 Å². The number of hydrogen-bond donors (Lipinski definition) is 2. The van der Waals surface area contributed by atoms with Crippen molar-refractivity contribution in [3.8, 4) is 5.75 Å². The summed E-state index contributed by atoms with van der Waals surface area (Å²) in [6.07, 6.45) is 3.94. The fourth-order valence-corrected chi connectivity index (χ4v) is 4.78. The third kappa shape index (κ3) is 3.89. The summed E-state index contributed by atoms with van der Waals surface area (Å²) in [6, 6.07) is 8.03. The van der Waals surface area contributed by atoms with Crippen LogP contribution in [0.15, 0.2) is 29.1 Å². The van der Waals surface area contributed by atoms with Gasteiger partial charge in [0.25, 0.3) is 5.56 Å². The number of anilines is 1. The quantitative estimate of drug-likeness (QED) is 0.771. The first-order valence-electron chi connectivity index (χ1n) is 10.4. The van der Waals surface area contributed by atoms with Gasteiger partial charge in [-0.1, -0.05) is 18.2 Å². The zero-order valence-corrected chi connectivity index (χ0v) is 17.3. The van der Waals surface area contributed by atoms with E-state index in [9.17, 15) is 4.79 Å². The van der Waals surface area contributed by atoms with Crippen molar-refractivity contribution in [1.29, 1.82) is 0 Å². The van der Waals surface area contributed by atoms with Gasteiger partial charge in [0.2, 0.25) is 5.95 Å². The van der Waals surface area contributed by atoms with E-state index in [0.717, 1.165) is 67.9 Å². The number of piperidine rings is 1. The molecule has 1 aliphatic carbocycles. The molecular formula is C22H30N4O3. The number of nitrogens with one attached hydrogen (secondary N) is 1. The summed E-state index contributed by atoms with van der Waals surface area (Å²) in [4.78, 5) is 24.7. The molecule has 0 radical (unpaired) electrons. The Balaban J connectivity index is 1.59. The molecule has 2 aromatic rings. The summed E-state index contributed by atoms with van der Waals surface area (Å²) in [5.74, 6) is 1.47. The fraction of sp³-hybridized carbons (Fsp3) is 0.545. The predicted molar refractivity (Wildman–Crippen MR) is 113 cm³/mol. The van der Waals surface area contributed by atoms with Crippen LogP contribution in [0.4, 0.5) is 5.95 Å². The lowest BCUT2D eigenvalue weighted by atomic mass is 9.77. The average molecular weight is 399 g/mol. The summed E-state index contributed by atoms with van der Waals surface area (Å²) in [5.41, 5.74) is 2.95. The Hall–Kier alpha value is -2.38. The van der Waals surface area contributed by atoms with Gasteiger partial charge in [0.15, 0.2) is 0 Å². The topological polar surface area (TPSA) is 81.7 Å². The van der Waals surface area contributed by atoms with Gasteiger partial charge in [0.05, 0.1) is 12.3 Å². The van der Waals surface area contributed by atoms with E-state index in [-0.39, 0.29) is 17.6 Å². The van der Waals surface area contributed by atoms with Gasteiger partial charge in [-0.25, -0.2) is 4.98 Å². The lowest BCUT2D eigenvalue weighted by Crippen LogP contribution is -2.45.